The van der Waals surface area contributed by atoms with Crippen LogP contribution in [0.15, 0.2) is 53.6 Å². The maximum absolute atomic E-state index is 14.3. The number of hydrogen-bond acceptors (Lipinski definition) is 4. The second-order valence-electron chi connectivity index (χ2n) is 7.94. The number of halogens is 3. The van der Waals surface area contributed by atoms with Gasteiger partial charge in [0.05, 0.1) is 11.9 Å². The van der Waals surface area contributed by atoms with Crippen LogP contribution in [0.2, 0.25) is 0 Å². The van der Waals surface area contributed by atoms with Gasteiger partial charge in [-0.1, -0.05) is 12.1 Å². The Morgan fingerprint density at radius 2 is 1.76 bits per heavy atom. The van der Waals surface area contributed by atoms with Gasteiger partial charge in [0.1, 0.15) is 22.2 Å². The lowest BCUT2D eigenvalue weighted by Crippen LogP contribution is -2.53. The molecule has 33 heavy (non-hydrogen) atoms. The molecule has 1 atom stereocenters. The summed E-state index contributed by atoms with van der Waals surface area (Å²) in [6, 6.07) is 8.73. The van der Waals surface area contributed by atoms with Crippen LogP contribution in [0.4, 0.5) is 29.3 Å². The summed E-state index contributed by atoms with van der Waals surface area (Å²) in [5, 5.41) is 5.12. The van der Waals surface area contributed by atoms with E-state index in [0.717, 1.165) is 24.4 Å². The molecule has 2 aliphatic rings. The summed E-state index contributed by atoms with van der Waals surface area (Å²) in [5.41, 5.74) is 1.78. The molecule has 2 aromatic carbocycles. The Labute approximate surface area is 187 Å². The lowest BCUT2D eigenvalue weighted by molar-refractivity contribution is 0.245. The standard InChI is InChI=1S/C22H17F3N4O3S/c23-14-9-18(25)21(27-11-14)12-1-3-15(4-2-12)28-6-5-16-7-13-8-17(24)20(33(26,31)32)10-19(13)29(16)22(28)30/h1-4,8-11,16H,5-7H2,(H2,26,31,32). The number of pyridine rings is 1. The largest absolute Gasteiger partial charge is 0.329 e. The van der Waals surface area contributed by atoms with E-state index in [1.54, 1.807) is 24.3 Å². The fourth-order valence-electron chi connectivity index (χ4n) is 4.39. The van der Waals surface area contributed by atoms with Gasteiger partial charge in [-0.25, -0.2) is 31.5 Å². The van der Waals surface area contributed by atoms with Crippen LogP contribution in [0, 0.1) is 17.5 Å². The van der Waals surface area contributed by atoms with Crippen LogP contribution >= 0.6 is 0 Å². The van der Waals surface area contributed by atoms with Crippen LogP contribution in [0.3, 0.4) is 0 Å². The molecular weight excluding hydrogens is 457 g/mol. The van der Waals surface area contributed by atoms with E-state index in [1.165, 1.54) is 9.80 Å². The third-order valence-corrected chi connectivity index (χ3v) is 6.83. The molecule has 1 fully saturated rings. The molecule has 1 unspecified atom stereocenters. The first-order valence-electron chi connectivity index (χ1n) is 10.0. The quantitative estimate of drug-likeness (QED) is 0.628. The number of carbonyl (C=O) groups excluding carboxylic acids is 1. The van der Waals surface area contributed by atoms with Crippen LogP contribution in [-0.4, -0.2) is 32.0 Å². The normalized spacial score (nSPS) is 17.8. The predicted molar refractivity (Wildman–Crippen MR) is 115 cm³/mol. The number of sulfonamides is 1. The molecule has 170 valence electrons. The van der Waals surface area contributed by atoms with Gasteiger partial charge in [0.2, 0.25) is 10.0 Å². The number of amides is 2. The Balaban J connectivity index is 1.46. The summed E-state index contributed by atoms with van der Waals surface area (Å²) in [4.78, 5) is 19.4. The van der Waals surface area contributed by atoms with Crippen molar-refractivity contribution in [1.29, 1.82) is 0 Å². The molecule has 0 aliphatic carbocycles. The Morgan fingerprint density at radius 3 is 2.42 bits per heavy atom. The third-order valence-electron chi connectivity index (χ3n) is 5.90. The van der Waals surface area contributed by atoms with Crippen molar-refractivity contribution < 1.29 is 26.4 Å². The number of nitrogens with two attached hydrogens (primary N) is 1. The first-order valence-corrected chi connectivity index (χ1v) is 11.6. The van der Waals surface area contributed by atoms with Crippen LogP contribution in [0.25, 0.3) is 11.3 Å². The minimum atomic E-state index is -4.30. The monoisotopic (exact) mass is 474 g/mol. The second-order valence-corrected chi connectivity index (χ2v) is 9.47. The summed E-state index contributed by atoms with van der Waals surface area (Å²) in [7, 11) is -4.30. The van der Waals surface area contributed by atoms with Crippen molar-refractivity contribution in [3.05, 3.63) is 71.7 Å². The molecule has 2 N–H and O–H groups in total. The molecule has 2 amide bonds. The van der Waals surface area contributed by atoms with Gasteiger partial charge in [-0.3, -0.25) is 14.8 Å². The maximum Gasteiger partial charge on any atom is 0.329 e. The molecule has 0 bridgehead atoms. The number of primary sulfonamides is 1. The Bertz CT molecular complexity index is 1400. The minimum Gasteiger partial charge on any atom is -0.294 e. The highest BCUT2D eigenvalue weighted by Gasteiger charge is 2.41. The van der Waals surface area contributed by atoms with Crippen molar-refractivity contribution in [2.75, 3.05) is 16.3 Å². The minimum absolute atomic E-state index is 0.0148. The Morgan fingerprint density at radius 1 is 1.03 bits per heavy atom. The summed E-state index contributed by atoms with van der Waals surface area (Å²) in [5.74, 6) is -2.53. The Kier molecular flexibility index (Phi) is 4.91. The molecule has 3 heterocycles. The highest BCUT2D eigenvalue weighted by Crippen LogP contribution is 2.40. The number of anilines is 2. The molecular formula is C22H17F3N4O3S. The van der Waals surface area contributed by atoms with E-state index in [0.29, 0.717) is 41.9 Å². The van der Waals surface area contributed by atoms with E-state index in [9.17, 15) is 26.4 Å². The van der Waals surface area contributed by atoms with Gasteiger partial charge in [0.15, 0.2) is 5.82 Å². The van der Waals surface area contributed by atoms with Crippen LogP contribution in [0.1, 0.15) is 12.0 Å². The van der Waals surface area contributed by atoms with Crippen molar-refractivity contribution >= 4 is 27.4 Å². The zero-order valence-electron chi connectivity index (χ0n) is 17.0. The topological polar surface area (TPSA) is 96.6 Å². The summed E-state index contributed by atoms with van der Waals surface area (Å²) in [6.07, 6.45) is 1.90. The van der Waals surface area contributed by atoms with Crippen molar-refractivity contribution in [2.45, 2.75) is 23.8 Å². The molecule has 5 rings (SSSR count). The molecule has 2 aliphatic heterocycles. The van der Waals surface area contributed by atoms with E-state index < -0.39 is 38.4 Å². The van der Waals surface area contributed by atoms with Gasteiger partial charge >= 0.3 is 6.03 Å². The van der Waals surface area contributed by atoms with Gasteiger partial charge in [0, 0.05) is 29.9 Å². The number of hydrogen-bond donors (Lipinski definition) is 1. The number of carbonyl (C=O) groups is 1. The number of fused-ring (bicyclic) bond motifs is 3. The zero-order valence-corrected chi connectivity index (χ0v) is 17.8. The summed E-state index contributed by atoms with van der Waals surface area (Å²) in [6.45, 7) is 0.390. The molecule has 0 radical (unpaired) electrons. The molecule has 0 saturated carbocycles. The van der Waals surface area contributed by atoms with Crippen molar-refractivity contribution in [1.82, 2.24) is 4.98 Å². The molecule has 7 nitrogen and oxygen atoms in total. The molecule has 0 spiro atoms. The average molecular weight is 474 g/mol. The van der Waals surface area contributed by atoms with E-state index >= 15 is 0 Å². The number of benzene rings is 2. The van der Waals surface area contributed by atoms with Crippen molar-refractivity contribution in [3.63, 3.8) is 0 Å². The fraction of sp³-hybridized carbons (Fsp3) is 0.182. The summed E-state index contributed by atoms with van der Waals surface area (Å²) < 4.78 is 64.9. The van der Waals surface area contributed by atoms with Crippen LogP contribution < -0.4 is 14.9 Å². The molecule has 3 aromatic rings. The smallest absolute Gasteiger partial charge is 0.294 e. The second kappa shape index (κ2) is 7.56. The molecule has 11 heteroatoms. The number of nitrogens with zero attached hydrogens (tertiary/aromatic N) is 3. The SMILES string of the molecule is NS(=O)(=O)c1cc2c(cc1F)CC1CCN(c3ccc(-c4ncc(F)cc4F)cc3)C(=O)N21. The molecule has 1 aromatic heterocycles. The maximum atomic E-state index is 14.3. The third kappa shape index (κ3) is 3.62. The fourth-order valence-corrected chi connectivity index (χ4v) is 5.00. The number of rotatable bonds is 3. The van der Waals surface area contributed by atoms with Gasteiger partial charge in [0.25, 0.3) is 0 Å². The van der Waals surface area contributed by atoms with Crippen molar-refractivity contribution in [2.24, 2.45) is 5.14 Å². The lowest BCUT2D eigenvalue weighted by atomic mass is 10.1. The highest BCUT2D eigenvalue weighted by atomic mass is 32.2. The van der Waals surface area contributed by atoms with Crippen LogP contribution in [-0.2, 0) is 16.4 Å². The van der Waals surface area contributed by atoms with Gasteiger partial charge in [-0.15, -0.1) is 0 Å². The van der Waals surface area contributed by atoms with Gasteiger partial charge in [-0.2, -0.15) is 0 Å². The van der Waals surface area contributed by atoms with E-state index in [-0.39, 0.29) is 11.7 Å². The van der Waals surface area contributed by atoms with Crippen molar-refractivity contribution in [3.8, 4) is 11.3 Å². The zero-order chi connectivity index (χ0) is 23.5. The van der Waals surface area contributed by atoms with Crippen LogP contribution in [0.5, 0.6) is 0 Å². The Hall–Kier alpha value is -3.44. The molecule has 1 saturated heterocycles. The van der Waals surface area contributed by atoms with Gasteiger partial charge in [-0.05, 0) is 42.7 Å². The van der Waals surface area contributed by atoms with E-state index in [4.69, 9.17) is 5.14 Å². The summed E-state index contributed by atoms with van der Waals surface area (Å²) >= 11 is 0. The van der Waals surface area contributed by atoms with Gasteiger partial charge < -0.3 is 0 Å². The lowest BCUT2D eigenvalue weighted by Gasteiger charge is -2.38. The number of urea groups is 1. The van der Waals surface area contributed by atoms with E-state index in [2.05, 4.69) is 4.98 Å². The first-order chi connectivity index (χ1) is 15.6. The predicted octanol–water partition coefficient (Wildman–Crippen LogP) is 3.57. The van der Waals surface area contributed by atoms with E-state index in [1.807, 2.05) is 0 Å². The first kappa shape index (κ1) is 21.4. The highest BCUT2D eigenvalue weighted by molar-refractivity contribution is 7.89. The number of aromatic nitrogens is 1. The average Bonchev–Trinajstić information content (AvgIpc) is 3.11.